The molecule has 0 radical (unpaired) electrons. The molecule has 4 aromatic rings. The summed E-state index contributed by atoms with van der Waals surface area (Å²) in [6.07, 6.45) is 3.88. The first kappa shape index (κ1) is 23.8. The van der Waals surface area contributed by atoms with Crippen LogP contribution in [0.3, 0.4) is 0 Å². The van der Waals surface area contributed by atoms with Crippen LogP contribution in [0.1, 0.15) is 30.4 Å². The van der Waals surface area contributed by atoms with E-state index >= 15 is 0 Å². The number of thiazole rings is 1. The summed E-state index contributed by atoms with van der Waals surface area (Å²) in [7, 11) is 0. The third-order valence-corrected chi connectivity index (χ3v) is 7.36. The molecular formula is C28H23N5O4S. The van der Waals surface area contributed by atoms with Crippen molar-refractivity contribution in [2.75, 3.05) is 11.9 Å². The van der Waals surface area contributed by atoms with Gasteiger partial charge < -0.3 is 10.1 Å². The molecule has 1 aliphatic heterocycles. The molecule has 0 bridgehead atoms. The Morgan fingerprint density at radius 3 is 2.74 bits per heavy atom. The zero-order chi connectivity index (χ0) is 26.1. The van der Waals surface area contributed by atoms with E-state index in [0.29, 0.717) is 16.2 Å². The maximum atomic E-state index is 11.9. The molecule has 0 spiro atoms. The van der Waals surface area contributed by atoms with E-state index < -0.39 is 4.92 Å². The van der Waals surface area contributed by atoms with Gasteiger partial charge in [0.05, 0.1) is 22.0 Å². The third-order valence-electron chi connectivity index (χ3n) is 6.55. The Balaban J connectivity index is 1.56. The number of benzene rings is 3. The molecule has 1 amide bonds. The maximum absolute atomic E-state index is 11.9. The molecule has 0 unspecified atom stereocenters. The molecular weight excluding hydrogens is 502 g/mol. The molecule has 0 fully saturated rings. The first-order valence-electron chi connectivity index (χ1n) is 12.3. The van der Waals surface area contributed by atoms with Crippen molar-refractivity contribution in [2.45, 2.75) is 25.7 Å². The zero-order valence-electron chi connectivity index (χ0n) is 20.3. The quantitative estimate of drug-likeness (QED) is 0.210. The van der Waals surface area contributed by atoms with Crippen LogP contribution in [0.2, 0.25) is 0 Å². The fourth-order valence-corrected chi connectivity index (χ4v) is 5.56. The van der Waals surface area contributed by atoms with Gasteiger partial charge in [-0.25, -0.2) is 9.67 Å². The summed E-state index contributed by atoms with van der Waals surface area (Å²) in [6.45, 7) is -0.0171. The lowest BCUT2D eigenvalue weighted by Gasteiger charge is -2.18. The van der Waals surface area contributed by atoms with Crippen molar-refractivity contribution in [1.29, 1.82) is 0 Å². The van der Waals surface area contributed by atoms with E-state index in [-0.39, 0.29) is 23.9 Å². The van der Waals surface area contributed by atoms with Gasteiger partial charge in [-0.1, -0.05) is 36.4 Å². The van der Waals surface area contributed by atoms with Crippen molar-refractivity contribution in [3.8, 4) is 17.0 Å². The monoisotopic (exact) mass is 525 g/mol. The number of nitrogens with one attached hydrogen (secondary N) is 1. The summed E-state index contributed by atoms with van der Waals surface area (Å²) in [5, 5.41) is 21.5. The normalized spacial score (nSPS) is 16.3. The van der Waals surface area contributed by atoms with Crippen molar-refractivity contribution >= 4 is 40.0 Å². The number of carbonyl (C=O) groups is 1. The molecule has 6 rings (SSSR count). The fourth-order valence-electron chi connectivity index (χ4n) is 4.72. The van der Waals surface area contributed by atoms with Crippen LogP contribution in [0.4, 0.5) is 17.1 Å². The summed E-state index contributed by atoms with van der Waals surface area (Å²) in [6, 6.07) is 20.3. The van der Waals surface area contributed by atoms with Crippen molar-refractivity contribution in [1.82, 2.24) is 4.68 Å². The van der Waals surface area contributed by atoms with Crippen LogP contribution in [-0.2, 0) is 11.2 Å². The average molecular weight is 526 g/mol. The number of amides is 1. The second-order valence-electron chi connectivity index (χ2n) is 9.03. The summed E-state index contributed by atoms with van der Waals surface area (Å²) in [5.74, 6) is 0.388. The minimum atomic E-state index is -0.433. The second kappa shape index (κ2) is 10.1. The average Bonchev–Trinajstić information content (AvgIpc) is 3.19. The summed E-state index contributed by atoms with van der Waals surface area (Å²) in [5.41, 5.74) is 5.63. The minimum Gasteiger partial charge on any atom is -0.482 e. The van der Waals surface area contributed by atoms with Crippen LogP contribution >= 0.6 is 11.3 Å². The summed E-state index contributed by atoms with van der Waals surface area (Å²) < 4.78 is 7.28. The van der Waals surface area contributed by atoms with Crippen LogP contribution < -0.4 is 14.9 Å². The molecule has 2 heterocycles. The van der Waals surface area contributed by atoms with Crippen LogP contribution in [-0.4, -0.2) is 27.8 Å². The van der Waals surface area contributed by atoms with E-state index in [0.717, 1.165) is 48.2 Å². The van der Waals surface area contributed by atoms with Gasteiger partial charge in [0, 0.05) is 22.6 Å². The number of aryl methyl sites for hydroxylation is 1. The number of fused-ring (bicyclic) bond motifs is 2. The number of para-hydroxylation sites is 2. The predicted molar refractivity (Wildman–Crippen MR) is 146 cm³/mol. The van der Waals surface area contributed by atoms with Crippen molar-refractivity contribution < 1.29 is 14.5 Å². The molecule has 10 heteroatoms. The van der Waals surface area contributed by atoms with Crippen LogP contribution in [0.15, 0.2) is 82.2 Å². The molecule has 2 aliphatic rings. The Morgan fingerprint density at radius 2 is 1.84 bits per heavy atom. The molecule has 190 valence electrons. The Bertz CT molecular complexity index is 1670. The molecule has 9 nitrogen and oxygen atoms in total. The number of hydrogen-bond donors (Lipinski definition) is 1. The number of ether oxygens (including phenoxy) is 1. The Labute approximate surface area is 221 Å². The van der Waals surface area contributed by atoms with Crippen molar-refractivity contribution in [3.05, 3.63) is 98.2 Å². The Morgan fingerprint density at radius 1 is 1.03 bits per heavy atom. The number of hydrogen-bond acceptors (Lipinski definition) is 7. The largest absolute Gasteiger partial charge is 0.482 e. The van der Waals surface area contributed by atoms with Gasteiger partial charge in [0.2, 0.25) is 4.80 Å². The van der Waals surface area contributed by atoms with Gasteiger partial charge >= 0.3 is 0 Å². The van der Waals surface area contributed by atoms with E-state index in [2.05, 4.69) is 17.4 Å². The lowest BCUT2D eigenvalue weighted by atomic mass is 10.0. The van der Waals surface area contributed by atoms with Crippen LogP contribution in [0, 0.1) is 10.1 Å². The summed E-state index contributed by atoms with van der Waals surface area (Å²) >= 11 is 1.35. The van der Waals surface area contributed by atoms with Crippen LogP contribution in [0.25, 0.3) is 11.3 Å². The fraction of sp³-hybridized carbons (Fsp3) is 0.179. The molecule has 1 aromatic heterocycles. The minimum absolute atomic E-state index is 0.0171. The van der Waals surface area contributed by atoms with Gasteiger partial charge in [0.1, 0.15) is 11.4 Å². The number of nitro benzene ring substituents is 1. The highest BCUT2D eigenvalue weighted by Gasteiger charge is 2.20. The first-order chi connectivity index (χ1) is 18.6. The van der Waals surface area contributed by atoms with Gasteiger partial charge in [0.15, 0.2) is 6.61 Å². The lowest BCUT2D eigenvalue weighted by Crippen LogP contribution is -2.25. The standard InChI is InChI=1S/C28H23N5O4S/c34-27-16-37-26-14-13-19(15-23(26)29-27)25-17-38-28(30-22-11-5-6-12-24(22)33(35)36)32(25)31-21-10-4-2-8-18-7-1-3-9-20(18)21/h1,3,5-7,9,11-15,17H,2,4,8,10,16H2,(H,29,34). The van der Waals surface area contributed by atoms with Gasteiger partial charge in [0.25, 0.3) is 11.6 Å². The molecule has 0 atom stereocenters. The van der Waals surface area contributed by atoms with Crippen molar-refractivity contribution in [3.63, 3.8) is 0 Å². The Kier molecular flexibility index (Phi) is 6.30. The molecule has 0 saturated carbocycles. The number of anilines is 1. The maximum Gasteiger partial charge on any atom is 0.294 e. The topological polar surface area (TPSA) is 111 Å². The predicted octanol–water partition coefficient (Wildman–Crippen LogP) is 5.67. The van der Waals surface area contributed by atoms with Crippen molar-refractivity contribution in [2.24, 2.45) is 10.1 Å². The first-order valence-corrected chi connectivity index (χ1v) is 13.2. The van der Waals surface area contributed by atoms with Gasteiger partial charge in [-0.15, -0.1) is 11.3 Å². The second-order valence-corrected chi connectivity index (χ2v) is 9.87. The van der Waals surface area contributed by atoms with Gasteiger partial charge in [-0.2, -0.15) is 5.10 Å². The highest BCUT2D eigenvalue weighted by Crippen LogP contribution is 2.34. The SMILES string of the molecule is O=C1COc2ccc(-c3csc(=Nc4ccccc4[N+](=O)[O-])n3N=C3CCCCc4ccccc43)cc2N1. The number of aromatic nitrogens is 1. The zero-order valence-corrected chi connectivity index (χ0v) is 21.1. The molecule has 1 N–H and O–H groups in total. The number of rotatable bonds is 4. The number of carbonyl (C=O) groups excluding carboxylic acids is 1. The molecule has 38 heavy (non-hydrogen) atoms. The molecule has 1 aliphatic carbocycles. The van der Waals surface area contributed by atoms with E-state index in [1.54, 1.807) is 22.9 Å². The lowest BCUT2D eigenvalue weighted by molar-refractivity contribution is -0.384. The highest BCUT2D eigenvalue weighted by molar-refractivity contribution is 7.07. The van der Waals surface area contributed by atoms with E-state index in [1.807, 2.05) is 35.7 Å². The molecule has 3 aromatic carbocycles. The van der Waals surface area contributed by atoms with E-state index in [9.17, 15) is 14.9 Å². The van der Waals surface area contributed by atoms with Gasteiger partial charge in [-0.05, 0) is 55.5 Å². The number of nitrogens with zero attached hydrogens (tertiary/aromatic N) is 4. The van der Waals surface area contributed by atoms with E-state index in [1.165, 1.54) is 23.0 Å². The highest BCUT2D eigenvalue weighted by atomic mass is 32.1. The summed E-state index contributed by atoms with van der Waals surface area (Å²) in [4.78, 5) is 28.3. The van der Waals surface area contributed by atoms with Gasteiger partial charge in [-0.3, -0.25) is 14.9 Å². The number of nitro groups is 1. The smallest absolute Gasteiger partial charge is 0.294 e. The molecule has 0 saturated heterocycles. The van der Waals surface area contributed by atoms with E-state index in [4.69, 9.17) is 14.8 Å². The Hall–Kier alpha value is -4.57. The third kappa shape index (κ3) is 4.61. The van der Waals surface area contributed by atoms with Crippen LogP contribution in [0.5, 0.6) is 5.75 Å².